The van der Waals surface area contributed by atoms with Gasteiger partial charge >= 0.3 is 0 Å². The summed E-state index contributed by atoms with van der Waals surface area (Å²) in [6, 6.07) is 13.3. The Kier molecular flexibility index (Phi) is 7.25. The van der Waals surface area contributed by atoms with Crippen molar-refractivity contribution in [1.29, 1.82) is 5.26 Å². The number of fused-ring (bicyclic) bond motifs is 1. The Bertz CT molecular complexity index is 1230. The molecule has 1 aliphatic carbocycles. The minimum absolute atomic E-state index is 0.0124. The second-order valence-electron chi connectivity index (χ2n) is 8.74. The highest BCUT2D eigenvalue weighted by Crippen LogP contribution is 2.39. The van der Waals surface area contributed by atoms with E-state index in [2.05, 4.69) is 33.7 Å². The summed E-state index contributed by atoms with van der Waals surface area (Å²) in [5, 5.41) is 23.1. The van der Waals surface area contributed by atoms with Gasteiger partial charge in [-0.15, -0.1) is 10.2 Å². The minimum Gasteiger partial charge on any atom is -0.490 e. The number of nitriles is 1. The van der Waals surface area contributed by atoms with Crippen LogP contribution in [-0.2, 0) is 11.2 Å². The van der Waals surface area contributed by atoms with Gasteiger partial charge in [-0.05, 0) is 68.9 Å². The Morgan fingerprint density at radius 2 is 2.09 bits per heavy atom. The van der Waals surface area contributed by atoms with Crippen LogP contribution in [0.3, 0.4) is 0 Å². The maximum atomic E-state index is 12.4. The Hall–Kier alpha value is -3.28. The lowest BCUT2D eigenvalue weighted by Gasteiger charge is -2.28. The molecule has 1 heterocycles. The number of rotatable bonds is 7. The first-order chi connectivity index (χ1) is 16.4. The molecule has 2 aromatic carbocycles. The van der Waals surface area contributed by atoms with Crippen LogP contribution in [0.2, 0.25) is 0 Å². The third-order valence-electron chi connectivity index (χ3n) is 5.97. The summed E-state index contributed by atoms with van der Waals surface area (Å²) in [6.07, 6.45) is 3.39. The largest absolute Gasteiger partial charge is 0.490 e. The van der Waals surface area contributed by atoms with Crippen LogP contribution < -0.4 is 15.8 Å². The van der Waals surface area contributed by atoms with Crippen molar-refractivity contribution in [3.63, 3.8) is 0 Å². The molecule has 0 aliphatic heterocycles. The zero-order valence-corrected chi connectivity index (χ0v) is 20.5. The molecule has 1 aliphatic rings. The number of hydrogen-bond donors (Lipinski definition) is 2. The van der Waals surface area contributed by atoms with Crippen molar-refractivity contribution in [2.75, 3.05) is 0 Å². The fourth-order valence-electron chi connectivity index (χ4n) is 4.22. The lowest BCUT2D eigenvalue weighted by Crippen LogP contribution is -2.42. The van der Waals surface area contributed by atoms with Crippen molar-refractivity contribution in [2.45, 2.75) is 64.6 Å². The average Bonchev–Trinajstić information content (AvgIpc) is 3.33. The number of carbonyl (C=O) groups excluding carboxylic acids is 1. The molecule has 8 heteroatoms. The van der Waals surface area contributed by atoms with Crippen LogP contribution in [0.5, 0.6) is 5.75 Å². The van der Waals surface area contributed by atoms with Crippen molar-refractivity contribution < 1.29 is 9.53 Å². The molecule has 0 saturated heterocycles. The quantitative estimate of drug-likeness (QED) is 0.509. The highest BCUT2D eigenvalue weighted by Gasteiger charge is 2.26. The lowest BCUT2D eigenvalue weighted by molar-refractivity contribution is -0.123. The summed E-state index contributed by atoms with van der Waals surface area (Å²) in [6.45, 7) is 5.77. The highest BCUT2D eigenvalue weighted by atomic mass is 32.1. The van der Waals surface area contributed by atoms with Gasteiger partial charge in [0.1, 0.15) is 21.8 Å². The average molecular weight is 476 g/mol. The molecular formula is C26H29N5O2S. The maximum Gasteiger partial charge on any atom is 0.237 e. The number of benzene rings is 2. The van der Waals surface area contributed by atoms with Crippen LogP contribution in [0.25, 0.3) is 21.1 Å². The molecule has 0 spiro atoms. The van der Waals surface area contributed by atoms with E-state index in [0.29, 0.717) is 17.7 Å². The van der Waals surface area contributed by atoms with Crippen molar-refractivity contribution in [3.05, 3.63) is 53.1 Å². The van der Waals surface area contributed by atoms with Gasteiger partial charge in [0.2, 0.25) is 5.91 Å². The number of nitrogens with one attached hydrogen (secondary N) is 1. The number of hydrogen-bond acceptors (Lipinski definition) is 7. The zero-order valence-electron chi connectivity index (χ0n) is 19.7. The Labute approximate surface area is 204 Å². The summed E-state index contributed by atoms with van der Waals surface area (Å²) in [4.78, 5) is 12.4. The fraction of sp³-hybridized carbons (Fsp3) is 0.385. The molecule has 34 heavy (non-hydrogen) atoms. The van der Waals surface area contributed by atoms with Crippen molar-refractivity contribution >= 4 is 17.2 Å². The molecular weight excluding hydrogens is 446 g/mol. The number of ether oxygens (including phenoxy) is 1. The standard InChI is InChI=1S/C26H29N5O2S/c1-4-21(28)24(32)29-22-10-6-7-18-19(22)8-5-9-20(18)26-31-30-25(34-26)16-11-12-23(33-15(2)3)17(13-16)14-27/h5,8-9,11-13,15,21-22H,4,6-7,10,28H2,1-3H3,(H,29,32)/t21-,22-/m1/s1. The van der Waals surface area contributed by atoms with Crippen molar-refractivity contribution in [2.24, 2.45) is 5.73 Å². The predicted octanol–water partition coefficient (Wildman–Crippen LogP) is 4.76. The second kappa shape index (κ2) is 10.3. The number of carbonyl (C=O) groups is 1. The SMILES string of the molecule is CC[C@@H](N)C(=O)N[C@@H]1CCCc2c(-c3nnc(-c4ccc(OC(C)C)c(C#N)c4)s3)cccc21. The molecule has 3 aromatic rings. The van der Waals surface area contributed by atoms with Crippen LogP contribution >= 0.6 is 11.3 Å². The molecule has 2 atom stereocenters. The number of aromatic nitrogens is 2. The van der Waals surface area contributed by atoms with Crippen molar-refractivity contribution in [3.8, 4) is 33.0 Å². The van der Waals surface area contributed by atoms with E-state index < -0.39 is 6.04 Å². The summed E-state index contributed by atoms with van der Waals surface area (Å²) in [5.74, 6) is 0.459. The van der Waals surface area contributed by atoms with E-state index in [4.69, 9.17) is 10.5 Å². The molecule has 0 bridgehead atoms. The number of nitrogens with two attached hydrogens (primary N) is 1. The molecule has 0 fully saturated rings. The minimum atomic E-state index is -0.491. The van der Waals surface area contributed by atoms with Gasteiger partial charge < -0.3 is 15.8 Å². The Morgan fingerprint density at radius 3 is 2.82 bits per heavy atom. The van der Waals surface area contributed by atoms with Gasteiger partial charge in [-0.3, -0.25) is 4.79 Å². The molecule has 0 saturated carbocycles. The molecule has 176 valence electrons. The van der Waals surface area contributed by atoms with Gasteiger partial charge in [-0.1, -0.05) is 36.5 Å². The topological polar surface area (TPSA) is 114 Å². The van der Waals surface area contributed by atoms with Crippen LogP contribution in [-0.4, -0.2) is 28.3 Å². The first kappa shape index (κ1) is 23.9. The fourth-order valence-corrected chi connectivity index (χ4v) is 5.11. The Morgan fingerprint density at radius 1 is 1.29 bits per heavy atom. The zero-order chi connectivity index (χ0) is 24.2. The smallest absolute Gasteiger partial charge is 0.237 e. The van der Waals surface area contributed by atoms with Crippen LogP contribution in [0.1, 0.15) is 62.8 Å². The molecule has 4 rings (SSSR count). The molecule has 0 radical (unpaired) electrons. The van der Waals surface area contributed by atoms with Gasteiger partial charge in [0.05, 0.1) is 23.8 Å². The normalized spacial score (nSPS) is 15.9. The van der Waals surface area contributed by atoms with Crippen LogP contribution in [0.4, 0.5) is 0 Å². The molecule has 1 aromatic heterocycles. The van der Waals surface area contributed by atoms with E-state index in [1.807, 2.05) is 39.0 Å². The summed E-state index contributed by atoms with van der Waals surface area (Å²) in [7, 11) is 0. The second-order valence-corrected chi connectivity index (χ2v) is 9.72. The van der Waals surface area contributed by atoms with Crippen LogP contribution in [0.15, 0.2) is 36.4 Å². The molecule has 7 nitrogen and oxygen atoms in total. The van der Waals surface area contributed by atoms with Crippen LogP contribution in [0, 0.1) is 11.3 Å². The highest BCUT2D eigenvalue weighted by molar-refractivity contribution is 7.17. The van der Waals surface area contributed by atoms with Gasteiger partial charge in [-0.2, -0.15) is 5.26 Å². The van der Waals surface area contributed by atoms with E-state index in [1.54, 1.807) is 6.07 Å². The van der Waals surface area contributed by atoms with Gasteiger partial charge in [-0.25, -0.2) is 0 Å². The summed E-state index contributed by atoms with van der Waals surface area (Å²) in [5.41, 5.74) is 10.6. The Balaban J connectivity index is 1.63. The predicted molar refractivity (Wildman–Crippen MR) is 133 cm³/mol. The third kappa shape index (κ3) is 4.96. The lowest BCUT2D eigenvalue weighted by atomic mass is 9.85. The summed E-state index contributed by atoms with van der Waals surface area (Å²) >= 11 is 1.49. The van der Waals surface area contributed by atoms with Gasteiger partial charge in [0.25, 0.3) is 0 Å². The monoisotopic (exact) mass is 475 g/mol. The first-order valence-electron chi connectivity index (χ1n) is 11.6. The van der Waals surface area contributed by atoms with E-state index in [1.165, 1.54) is 16.9 Å². The number of amides is 1. The molecule has 3 N–H and O–H groups in total. The first-order valence-corrected chi connectivity index (χ1v) is 12.5. The van der Waals surface area contributed by atoms with E-state index in [-0.39, 0.29) is 18.1 Å². The van der Waals surface area contributed by atoms with E-state index >= 15 is 0 Å². The maximum absolute atomic E-state index is 12.4. The van der Waals surface area contributed by atoms with Gasteiger partial charge in [0.15, 0.2) is 0 Å². The number of nitrogens with zero attached hydrogens (tertiary/aromatic N) is 3. The van der Waals surface area contributed by atoms with E-state index in [0.717, 1.165) is 46.0 Å². The third-order valence-corrected chi connectivity index (χ3v) is 6.97. The van der Waals surface area contributed by atoms with E-state index in [9.17, 15) is 10.1 Å². The molecule has 0 unspecified atom stereocenters. The van der Waals surface area contributed by atoms with Gasteiger partial charge in [0, 0.05) is 11.1 Å². The summed E-state index contributed by atoms with van der Waals surface area (Å²) < 4.78 is 5.73. The van der Waals surface area contributed by atoms with Crippen molar-refractivity contribution in [1.82, 2.24) is 15.5 Å². The molecule has 1 amide bonds.